The second kappa shape index (κ2) is 10.7. The predicted molar refractivity (Wildman–Crippen MR) is 118 cm³/mol. The van der Waals surface area contributed by atoms with Crippen molar-refractivity contribution in [2.24, 2.45) is 5.10 Å². The lowest BCUT2D eigenvalue weighted by Gasteiger charge is -2.12. The molecule has 30 heavy (non-hydrogen) atoms. The summed E-state index contributed by atoms with van der Waals surface area (Å²) in [6.45, 7) is 5.25. The van der Waals surface area contributed by atoms with Crippen molar-refractivity contribution in [3.05, 3.63) is 70.0 Å². The third-order valence-electron chi connectivity index (χ3n) is 4.34. The van der Waals surface area contributed by atoms with Gasteiger partial charge in [0.05, 0.1) is 19.4 Å². The molecule has 0 amide bonds. The number of aromatic nitrogens is 3. The summed E-state index contributed by atoms with van der Waals surface area (Å²) in [6.07, 6.45) is 4.22. The molecular formula is C22H25FN4O2S. The Kier molecular flexibility index (Phi) is 7.73. The number of hydrogen-bond acceptors (Lipinski definition) is 5. The highest BCUT2D eigenvalue weighted by Crippen LogP contribution is 2.28. The van der Waals surface area contributed by atoms with E-state index in [2.05, 4.69) is 22.2 Å². The van der Waals surface area contributed by atoms with Crippen LogP contribution in [-0.4, -0.2) is 34.3 Å². The van der Waals surface area contributed by atoms with Gasteiger partial charge in [-0.2, -0.15) is 14.9 Å². The summed E-state index contributed by atoms with van der Waals surface area (Å²) in [5.41, 5.74) is 1.76. The van der Waals surface area contributed by atoms with Crippen molar-refractivity contribution in [1.82, 2.24) is 14.9 Å². The van der Waals surface area contributed by atoms with E-state index < -0.39 is 0 Å². The van der Waals surface area contributed by atoms with Crippen molar-refractivity contribution in [2.45, 2.75) is 33.1 Å². The van der Waals surface area contributed by atoms with Crippen molar-refractivity contribution in [2.75, 3.05) is 13.2 Å². The maximum absolute atomic E-state index is 13.1. The molecule has 0 spiro atoms. The van der Waals surface area contributed by atoms with Crippen LogP contribution in [0.1, 0.15) is 43.6 Å². The molecule has 0 fully saturated rings. The zero-order valence-corrected chi connectivity index (χ0v) is 17.9. The van der Waals surface area contributed by atoms with Crippen LogP contribution in [0.25, 0.3) is 0 Å². The zero-order chi connectivity index (χ0) is 21.3. The fraction of sp³-hybridized carbons (Fsp3) is 0.318. The molecule has 158 valence electrons. The van der Waals surface area contributed by atoms with Crippen LogP contribution < -0.4 is 9.47 Å². The van der Waals surface area contributed by atoms with Gasteiger partial charge in [-0.1, -0.05) is 25.5 Å². The Morgan fingerprint density at radius 1 is 1.13 bits per heavy atom. The largest absolute Gasteiger partial charge is 0.490 e. The van der Waals surface area contributed by atoms with Gasteiger partial charge in [0.1, 0.15) is 5.82 Å². The van der Waals surface area contributed by atoms with Crippen LogP contribution in [0.3, 0.4) is 0 Å². The first-order chi connectivity index (χ1) is 14.6. The van der Waals surface area contributed by atoms with E-state index in [4.69, 9.17) is 21.7 Å². The molecule has 3 rings (SSSR count). The van der Waals surface area contributed by atoms with Gasteiger partial charge >= 0.3 is 0 Å². The topological polar surface area (TPSA) is 64.4 Å². The van der Waals surface area contributed by atoms with Gasteiger partial charge in [-0.3, -0.25) is 5.10 Å². The lowest BCUT2D eigenvalue weighted by Crippen LogP contribution is -2.02. The highest BCUT2D eigenvalue weighted by molar-refractivity contribution is 7.71. The molecule has 0 radical (unpaired) electrons. The first-order valence-corrected chi connectivity index (χ1v) is 10.4. The number of aromatic amines is 1. The summed E-state index contributed by atoms with van der Waals surface area (Å²) < 4.78 is 26.6. The van der Waals surface area contributed by atoms with Crippen molar-refractivity contribution < 1.29 is 13.9 Å². The minimum Gasteiger partial charge on any atom is -0.490 e. The van der Waals surface area contributed by atoms with E-state index in [0.29, 0.717) is 36.0 Å². The molecule has 0 aliphatic heterocycles. The number of unbranched alkanes of at least 4 members (excludes halogenated alkanes) is 1. The number of H-pyrrole nitrogens is 1. The van der Waals surface area contributed by atoms with Gasteiger partial charge in [0.15, 0.2) is 17.3 Å². The van der Waals surface area contributed by atoms with Crippen LogP contribution in [0.15, 0.2) is 47.6 Å². The quantitative estimate of drug-likeness (QED) is 0.276. The van der Waals surface area contributed by atoms with Crippen LogP contribution in [-0.2, 0) is 6.42 Å². The lowest BCUT2D eigenvalue weighted by atomic mass is 10.1. The first kappa shape index (κ1) is 21.7. The average molecular weight is 429 g/mol. The molecule has 0 unspecified atom stereocenters. The van der Waals surface area contributed by atoms with E-state index in [-0.39, 0.29) is 5.82 Å². The third kappa shape index (κ3) is 5.76. The fourth-order valence-electron chi connectivity index (χ4n) is 2.79. The number of rotatable bonds is 10. The van der Waals surface area contributed by atoms with E-state index >= 15 is 0 Å². The van der Waals surface area contributed by atoms with E-state index in [1.165, 1.54) is 12.1 Å². The number of ether oxygens (including phenoxy) is 2. The molecule has 8 heteroatoms. The molecule has 1 aromatic heterocycles. The standard InChI is InChI=1S/C22H25FN4O2S/c1-3-5-12-29-19-11-8-17(13-20(19)28-4-2)15-24-27-21(25-26-22(27)30)14-16-6-9-18(23)10-7-16/h6-11,13,15H,3-5,12,14H2,1-2H3,(H,26,30)/b24-15-. The SMILES string of the molecule is CCCCOc1ccc(/C=N\n2c(Cc3ccc(F)cc3)n[nH]c2=S)cc1OCC. The smallest absolute Gasteiger partial charge is 0.216 e. The van der Waals surface area contributed by atoms with Crippen molar-refractivity contribution in [1.29, 1.82) is 0 Å². The van der Waals surface area contributed by atoms with Crippen molar-refractivity contribution in [3.63, 3.8) is 0 Å². The summed E-state index contributed by atoms with van der Waals surface area (Å²) in [4.78, 5) is 0. The van der Waals surface area contributed by atoms with Crippen LogP contribution in [0.4, 0.5) is 4.39 Å². The second-order valence-electron chi connectivity index (χ2n) is 6.65. The van der Waals surface area contributed by atoms with Gasteiger partial charge in [0, 0.05) is 6.42 Å². The maximum Gasteiger partial charge on any atom is 0.216 e. The summed E-state index contributed by atoms with van der Waals surface area (Å²) in [5, 5.41) is 11.5. The van der Waals surface area contributed by atoms with Gasteiger partial charge in [-0.15, -0.1) is 0 Å². The van der Waals surface area contributed by atoms with E-state index in [9.17, 15) is 4.39 Å². The molecule has 0 atom stereocenters. The summed E-state index contributed by atoms with van der Waals surface area (Å²) >= 11 is 5.30. The Morgan fingerprint density at radius 3 is 2.67 bits per heavy atom. The van der Waals surface area contributed by atoms with Crippen molar-refractivity contribution >= 4 is 18.4 Å². The van der Waals surface area contributed by atoms with Gasteiger partial charge in [0.25, 0.3) is 0 Å². The van der Waals surface area contributed by atoms with Crippen LogP contribution in [0, 0.1) is 10.6 Å². The van der Waals surface area contributed by atoms with Gasteiger partial charge < -0.3 is 9.47 Å². The molecule has 6 nitrogen and oxygen atoms in total. The molecule has 0 saturated heterocycles. The second-order valence-corrected chi connectivity index (χ2v) is 7.03. The fourth-order valence-corrected chi connectivity index (χ4v) is 2.98. The third-order valence-corrected chi connectivity index (χ3v) is 4.60. The minimum absolute atomic E-state index is 0.275. The van der Waals surface area contributed by atoms with E-state index in [0.717, 1.165) is 29.7 Å². The average Bonchev–Trinajstić information content (AvgIpc) is 3.09. The number of halogens is 1. The molecule has 0 aliphatic rings. The maximum atomic E-state index is 13.1. The minimum atomic E-state index is -0.275. The van der Waals surface area contributed by atoms with Crippen molar-refractivity contribution in [3.8, 4) is 11.5 Å². The zero-order valence-electron chi connectivity index (χ0n) is 17.1. The molecule has 0 saturated carbocycles. The Labute approximate surface area is 180 Å². The van der Waals surface area contributed by atoms with Gasteiger partial charge in [-0.05, 0) is 67.0 Å². The molecule has 1 N–H and O–H groups in total. The Bertz CT molecular complexity index is 1040. The molecular weight excluding hydrogens is 403 g/mol. The van der Waals surface area contributed by atoms with E-state index in [1.54, 1.807) is 23.0 Å². The summed E-state index contributed by atoms with van der Waals surface area (Å²) in [6, 6.07) is 12.0. The molecule has 1 heterocycles. The van der Waals surface area contributed by atoms with Gasteiger partial charge in [0.2, 0.25) is 4.77 Å². The number of benzene rings is 2. The Balaban J connectivity index is 1.79. The van der Waals surface area contributed by atoms with E-state index in [1.807, 2.05) is 25.1 Å². The Hall–Kier alpha value is -3.00. The first-order valence-electron chi connectivity index (χ1n) is 9.95. The number of hydrogen-bond donors (Lipinski definition) is 1. The summed E-state index contributed by atoms with van der Waals surface area (Å²) in [7, 11) is 0. The van der Waals surface area contributed by atoms with Gasteiger partial charge in [-0.25, -0.2) is 4.39 Å². The molecule has 0 bridgehead atoms. The molecule has 0 aliphatic carbocycles. The lowest BCUT2D eigenvalue weighted by molar-refractivity contribution is 0.272. The number of nitrogens with one attached hydrogen (secondary N) is 1. The van der Waals surface area contributed by atoms with Crippen LogP contribution in [0.5, 0.6) is 11.5 Å². The normalized spacial score (nSPS) is 11.2. The highest BCUT2D eigenvalue weighted by Gasteiger charge is 2.08. The molecule has 3 aromatic rings. The molecule has 2 aromatic carbocycles. The monoisotopic (exact) mass is 428 g/mol. The highest BCUT2D eigenvalue weighted by atomic mass is 32.1. The van der Waals surface area contributed by atoms with Crippen LogP contribution >= 0.6 is 12.2 Å². The van der Waals surface area contributed by atoms with Crippen LogP contribution in [0.2, 0.25) is 0 Å². The predicted octanol–water partition coefficient (Wildman–Crippen LogP) is 5.13. The Morgan fingerprint density at radius 2 is 1.93 bits per heavy atom. The summed E-state index contributed by atoms with van der Waals surface area (Å²) in [5.74, 6) is 1.76. The number of nitrogens with zero attached hydrogens (tertiary/aromatic N) is 3.